The van der Waals surface area contributed by atoms with Gasteiger partial charge in [-0.1, -0.05) is 68.7 Å². The molecule has 0 bridgehead atoms. The summed E-state index contributed by atoms with van der Waals surface area (Å²) in [4.78, 5) is 0. The maximum Gasteiger partial charge on any atom is 0.127 e. The second-order valence-corrected chi connectivity index (χ2v) is 6.64. The van der Waals surface area contributed by atoms with E-state index in [0.717, 1.165) is 43.6 Å². The maximum absolute atomic E-state index is 8.81. The molecule has 0 saturated carbocycles. The van der Waals surface area contributed by atoms with Crippen LogP contribution in [0.3, 0.4) is 0 Å². The van der Waals surface area contributed by atoms with E-state index in [1.807, 2.05) is 6.07 Å². The van der Waals surface area contributed by atoms with E-state index >= 15 is 0 Å². The van der Waals surface area contributed by atoms with Crippen LogP contribution in [0, 0.1) is 0 Å². The topological polar surface area (TPSA) is 29.5 Å². The molecule has 0 heterocycles. The molecule has 0 aromatic heterocycles. The molecule has 2 heteroatoms. The number of ether oxygens (including phenoxy) is 1. The minimum absolute atomic E-state index is 0.290. The van der Waals surface area contributed by atoms with Crippen molar-refractivity contribution in [2.75, 3.05) is 13.2 Å². The molecule has 25 heavy (non-hydrogen) atoms. The summed E-state index contributed by atoms with van der Waals surface area (Å²) >= 11 is 0. The van der Waals surface area contributed by atoms with Crippen LogP contribution in [0.15, 0.2) is 48.5 Å². The Labute approximate surface area is 152 Å². The molecule has 2 nitrogen and oxygen atoms in total. The lowest BCUT2D eigenvalue weighted by molar-refractivity contribution is 0.273. The summed E-state index contributed by atoms with van der Waals surface area (Å²) < 4.78 is 6.02. The Kier molecular flexibility index (Phi) is 9.14. The van der Waals surface area contributed by atoms with Crippen molar-refractivity contribution in [1.29, 1.82) is 0 Å². The van der Waals surface area contributed by atoms with Crippen LogP contribution in [0.2, 0.25) is 0 Å². The molecular formula is C23H32O2. The molecule has 0 aliphatic rings. The Hall–Kier alpha value is -1.80. The van der Waals surface area contributed by atoms with E-state index in [9.17, 15) is 0 Å². The fourth-order valence-corrected chi connectivity index (χ4v) is 3.01. The summed E-state index contributed by atoms with van der Waals surface area (Å²) in [5.41, 5.74) is 3.80. The minimum Gasteiger partial charge on any atom is -0.493 e. The number of rotatable bonds is 12. The van der Waals surface area contributed by atoms with Gasteiger partial charge in [0.2, 0.25) is 0 Å². The first-order valence-corrected chi connectivity index (χ1v) is 9.77. The molecule has 0 fully saturated rings. The molecule has 2 aromatic rings. The quantitative estimate of drug-likeness (QED) is 0.479. The van der Waals surface area contributed by atoms with Crippen molar-refractivity contribution in [2.24, 2.45) is 0 Å². The van der Waals surface area contributed by atoms with E-state index in [4.69, 9.17) is 9.84 Å². The first-order valence-electron chi connectivity index (χ1n) is 9.77. The number of unbranched alkanes of at least 4 members (excludes halogenated alkanes) is 5. The van der Waals surface area contributed by atoms with Crippen LogP contribution < -0.4 is 4.74 Å². The highest BCUT2D eigenvalue weighted by molar-refractivity contribution is 5.70. The van der Waals surface area contributed by atoms with Crippen LogP contribution in [0.4, 0.5) is 0 Å². The summed E-state index contributed by atoms with van der Waals surface area (Å²) in [6.45, 7) is 3.27. The Morgan fingerprint density at radius 1 is 0.800 bits per heavy atom. The number of aryl methyl sites for hydroxylation is 1. The van der Waals surface area contributed by atoms with Gasteiger partial charge in [-0.2, -0.15) is 0 Å². The zero-order chi connectivity index (χ0) is 17.7. The molecule has 0 saturated heterocycles. The first kappa shape index (κ1) is 19.5. The summed E-state index contributed by atoms with van der Waals surface area (Å²) in [5, 5.41) is 8.81. The van der Waals surface area contributed by atoms with Crippen LogP contribution in [-0.4, -0.2) is 18.3 Å². The van der Waals surface area contributed by atoms with Gasteiger partial charge in [0.15, 0.2) is 0 Å². The van der Waals surface area contributed by atoms with Gasteiger partial charge in [0.1, 0.15) is 5.75 Å². The molecule has 2 aromatic carbocycles. The average molecular weight is 341 g/mol. The zero-order valence-corrected chi connectivity index (χ0v) is 15.5. The van der Waals surface area contributed by atoms with Gasteiger partial charge in [-0.3, -0.25) is 0 Å². The van der Waals surface area contributed by atoms with E-state index in [-0.39, 0.29) is 6.61 Å². The molecule has 0 amide bonds. The third-order valence-electron chi connectivity index (χ3n) is 4.53. The van der Waals surface area contributed by atoms with Crippen LogP contribution >= 0.6 is 0 Å². The highest BCUT2D eigenvalue weighted by Gasteiger charge is 2.06. The van der Waals surface area contributed by atoms with Crippen LogP contribution in [0.5, 0.6) is 5.75 Å². The average Bonchev–Trinajstić information content (AvgIpc) is 2.66. The van der Waals surface area contributed by atoms with Crippen LogP contribution in [-0.2, 0) is 6.42 Å². The van der Waals surface area contributed by atoms with Crippen molar-refractivity contribution >= 4 is 0 Å². The Balaban J connectivity index is 1.92. The monoisotopic (exact) mass is 340 g/mol. The van der Waals surface area contributed by atoms with Crippen molar-refractivity contribution < 1.29 is 9.84 Å². The summed E-state index contributed by atoms with van der Waals surface area (Å²) in [5.74, 6) is 0.961. The third-order valence-corrected chi connectivity index (χ3v) is 4.53. The van der Waals surface area contributed by atoms with Crippen LogP contribution in [0.25, 0.3) is 11.1 Å². The van der Waals surface area contributed by atoms with Crippen molar-refractivity contribution in [1.82, 2.24) is 0 Å². The lowest BCUT2D eigenvalue weighted by Gasteiger charge is -2.12. The number of benzene rings is 2. The highest BCUT2D eigenvalue weighted by Crippen LogP contribution is 2.30. The van der Waals surface area contributed by atoms with Gasteiger partial charge in [-0.15, -0.1) is 0 Å². The lowest BCUT2D eigenvalue weighted by atomic mass is 10.0. The molecule has 1 N–H and O–H groups in total. The second kappa shape index (κ2) is 11.7. The van der Waals surface area contributed by atoms with Gasteiger partial charge >= 0.3 is 0 Å². The van der Waals surface area contributed by atoms with Crippen molar-refractivity contribution in [3.05, 3.63) is 54.1 Å². The normalized spacial score (nSPS) is 10.8. The highest BCUT2D eigenvalue weighted by atomic mass is 16.5. The van der Waals surface area contributed by atoms with Crippen molar-refractivity contribution in [3.8, 4) is 16.9 Å². The molecule has 2 rings (SSSR count). The molecule has 0 atom stereocenters. The van der Waals surface area contributed by atoms with Gasteiger partial charge in [0.25, 0.3) is 0 Å². The number of aliphatic hydroxyl groups excluding tert-OH is 1. The van der Waals surface area contributed by atoms with E-state index in [1.165, 1.54) is 36.8 Å². The summed E-state index contributed by atoms with van der Waals surface area (Å²) in [6.07, 6.45) is 9.10. The standard InChI is InChI=1S/C23H32O2/c1-2-3-6-11-20-14-16-21(17-15-20)22-12-7-8-13-23(22)25-19-10-5-4-9-18-24/h7-8,12-17,24H,2-6,9-11,18-19H2,1H3. The van der Waals surface area contributed by atoms with Gasteiger partial charge in [0, 0.05) is 12.2 Å². The SMILES string of the molecule is CCCCCc1ccc(-c2ccccc2OCCCCCCO)cc1. The van der Waals surface area contributed by atoms with Crippen LogP contribution in [0.1, 0.15) is 57.4 Å². The molecule has 0 unspecified atom stereocenters. The third kappa shape index (κ3) is 6.91. The van der Waals surface area contributed by atoms with Gasteiger partial charge in [-0.05, 0) is 49.3 Å². The Bertz CT molecular complexity index is 589. The maximum atomic E-state index is 8.81. The Morgan fingerprint density at radius 3 is 2.32 bits per heavy atom. The van der Waals surface area contributed by atoms with Gasteiger partial charge in [-0.25, -0.2) is 0 Å². The lowest BCUT2D eigenvalue weighted by Crippen LogP contribution is -1.99. The fourth-order valence-electron chi connectivity index (χ4n) is 3.01. The predicted molar refractivity (Wildman–Crippen MR) is 106 cm³/mol. The molecule has 0 radical (unpaired) electrons. The molecule has 0 spiro atoms. The molecule has 136 valence electrons. The first-order chi connectivity index (χ1) is 12.3. The summed E-state index contributed by atoms with van der Waals surface area (Å²) in [6, 6.07) is 17.2. The van der Waals surface area contributed by atoms with Crippen molar-refractivity contribution in [3.63, 3.8) is 0 Å². The molecule has 0 aliphatic heterocycles. The zero-order valence-electron chi connectivity index (χ0n) is 15.5. The van der Waals surface area contributed by atoms with E-state index in [0.29, 0.717) is 0 Å². The van der Waals surface area contributed by atoms with E-state index in [1.54, 1.807) is 0 Å². The van der Waals surface area contributed by atoms with E-state index < -0.39 is 0 Å². The molecule has 0 aliphatic carbocycles. The summed E-state index contributed by atoms with van der Waals surface area (Å²) in [7, 11) is 0. The fraction of sp³-hybridized carbons (Fsp3) is 0.478. The Morgan fingerprint density at radius 2 is 1.56 bits per heavy atom. The van der Waals surface area contributed by atoms with Gasteiger partial charge < -0.3 is 9.84 Å². The molecular weight excluding hydrogens is 308 g/mol. The second-order valence-electron chi connectivity index (χ2n) is 6.64. The largest absolute Gasteiger partial charge is 0.493 e. The predicted octanol–water partition coefficient (Wildman–Crippen LogP) is 6.02. The van der Waals surface area contributed by atoms with Crippen molar-refractivity contribution in [2.45, 2.75) is 58.3 Å². The van der Waals surface area contributed by atoms with Gasteiger partial charge in [0.05, 0.1) is 6.61 Å². The number of hydrogen-bond donors (Lipinski definition) is 1. The number of hydrogen-bond acceptors (Lipinski definition) is 2. The number of aliphatic hydroxyl groups is 1. The van der Waals surface area contributed by atoms with E-state index in [2.05, 4.69) is 49.4 Å². The number of para-hydroxylation sites is 1. The minimum atomic E-state index is 0.290. The smallest absolute Gasteiger partial charge is 0.127 e.